The average Bonchev–Trinajstić information content (AvgIpc) is 3.15. The second-order valence-corrected chi connectivity index (χ2v) is 7.09. The molecule has 1 aromatic rings. The van der Waals surface area contributed by atoms with E-state index >= 15 is 0 Å². The van der Waals surface area contributed by atoms with Crippen LogP contribution in [0.4, 0.5) is 4.39 Å². The second kappa shape index (κ2) is 4.85. The first-order valence-electron chi connectivity index (χ1n) is 6.29. The fourth-order valence-electron chi connectivity index (χ4n) is 2.19. The van der Waals surface area contributed by atoms with Crippen LogP contribution >= 0.6 is 0 Å². The topological polar surface area (TPSA) is 72.2 Å². The van der Waals surface area contributed by atoms with Crippen molar-refractivity contribution in [1.29, 1.82) is 0 Å². The Morgan fingerprint density at radius 1 is 1.47 bits per heavy atom. The molecular weight excluding hydrogens is 267 g/mol. The number of aryl methyl sites for hydroxylation is 1. The Morgan fingerprint density at radius 3 is 2.63 bits per heavy atom. The largest absolute Gasteiger partial charge is 0.329 e. The van der Waals surface area contributed by atoms with Crippen LogP contribution in [-0.4, -0.2) is 20.5 Å². The Morgan fingerprint density at radius 2 is 2.11 bits per heavy atom. The molecule has 0 aliphatic heterocycles. The van der Waals surface area contributed by atoms with Crippen LogP contribution in [-0.2, 0) is 10.0 Å². The van der Waals surface area contributed by atoms with Crippen LogP contribution in [0.2, 0.25) is 0 Å². The maximum absolute atomic E-state index is 13.7. The highest BCUT2D eigenvalue weighted by Crippen LogP contribution is 2.39. The summed E-state index contributed by atoms with van der Waals surface area (Å²) >= 11 is 0. The molecule has 106 valence electrons. The van der Waals surface area contributed by atoms with Gasteiger partial charge in [-0.15, -0.1) is 0 Å². The predicted octanol–water partition coefficient (Wildman–Crippen LogP) is 1.54. The summed E-state index contributed by atoms with van der Waals surface area (Å²) in [6.45, 7) is 3.70. The SMILES string of the molecule is Cc1ccc(F)c(S(=O)(=O)N[C@@](C)(CN)C2CC2)c1. The van der Waals surface area contributed by atoms with E-state index in [0.717, 1.165) is 12.8 Å². The van der Waals surface area contributed by atoms with Gasteiger partial charge in [-0.25, -0.2) is 17.5 Å². The fraction of sp³-hybridized carbons (Fsp3) is 0.538. The van der Waals surface area contributed by atoms with Crippen molar-refractivity contribution >= 4 is 10.0 Å². The monoisotopic (exact) mass is 286 g/mol. The van der Waals surface area contributed by atoms with Gasteiger partial charge in [-0.3, -0.25) is 0 Å². The molecule has 0 heterocycles. The second-order valence-electron chi connectivity index (χ2n) is 5.44. The lowest BCUT2D eigenvalue weighted by atomic mass is 9.98. The molecule has 0 unspecified atom stereocenters. The molecule has 0 amide bonds. The molecular formula is C13H19FN2O2S. The van der Waals surface area contributed by atoms with E-state index in [4.69, 9.17) is 5.73 Å². The Labute approximate surface area is 113 Å². The molecule has 19 heavy (non-hydrogen) atoms. The van der Waals surface area contributed by atoms with Crippen molar-refractivity contribution in [2.24, 2.45) is 11.7 Å². The highest BCUT2D eigenvalue weighted by Gasteiger charge is 2.43. The molecule has 2 rings (SSSR count). The summed E-state index contributed by atoms with van der Waals surface area (Å²) in [5.74, 6) is -0.506. The maximum atomic E-state index is 13.7. The molecule has 1 aromatic carbocycles. The van der Waals surface area contributed by atoms with Gasteiger partial charge in [0.25, 0.3) is 0 Å². The maximum Gasteiger partial charge on any atom is 0.244 e. The van der Waals surface area contributed by atoms with Gasteiger partial charge in [0, 0.05) is 12.1 Å². The molecule has 1 saturated carbocycles. The van der Waals surface area contributed by atoms with Crippen LogP contribution in [0.5, 0.6) is 0 Å². The van der Waals surface area contributed by atoms with E-state index < -0.39 is 21.4 Å². The molecule has 0 bridgehead atoms. The number of halogens is 1. The van der Waals surface area contributed by atoms with Crippen molar-refractivity contribution in [3.05, 3.63) is 29.6 Å². The minimum Gasteiger partial charge on any atom is -0.329 e. The summed E-state index contributed by atoms with van der Waals surface area (Å²) in [7, 11) is -3.89. The van der Waals surface area contributed by atoms with Gasteiger partial charge in [-0.05, 0) is 50.3 Å². The first-order valence-corrected chi connectivity index (χ1v) is 7.77. The van der Waals surface area contributed by atoms with Gasteiger partial charge in [0.05, 0.1) is 0 Å². The number of nitrogens with one attached hydrogen (secondary N) is 1. The van der Waals surface area contributed by atoms with Gasteiger partial charge in [-0.2, -0.15) is 0 Å². The molecule has 0 spiro atoms. The number of hydrogen-bond donors (Lipinski definition) is 2. The van der Waals surface area contributed by atoms with E-state index in [2.05, 4.69) is 4.72 Å². The molecule has 0 radical (unpaired) electrons. The standard InChI is InChI=1S/C13H19FN2O2S/c1-9-3-6-11(14)12(7-9)19(17,18)16-13(2,8-15)10-4-5-10/h3,6-7,10,16H,4-5,8,15H2,1-2H3/t13-/m0/s1. The highest BCUT2D eigenvalue weighted by atomic mass is 32.2. The zero-order chi connectivity index (χ0) is 14.3. The third-order valence-electron chi connectivity index (χ3n) is 3.65. The number of sulfonamides is 1. The van der Waals surface area contributed by atoms with Crippen LogP contribution in [0.25, 0.3) is 0 Å². The molecule has 1 aliphatic carbocycles. The van der Waals surface area contributed by atoms with Crippen LogP contribution in [0.3, 0.4) is 0 Å². The molecule has 0 saturated heterocycles. The smallest absolute Gasteiger partial charge is 0.244 e. The van der Waals surface area contributed by atoms with Crippen LogP contribution in [0.1, 0.15) is 25.3 Å². The van der Waals surface area contributed by atoms with Gasteiger partial charge in [-0.1, -0.05) is 6.07 Å². The van der Waals surface area contributed by atoms with Gasteiger partial charge in [0.2, 0.25) is 10.0 Å². The van der Waals surface area contributed by atoms with E-state index in [1.807, 2.05) is 0 Å². The summed E-state index contributed by atoms with van der Waals surface area (Å²) in [6.07, 6.45) is 1.90. The van der Waals surface area contributed by atoms with E-state index in [1.165, 1.54) is 18.2 Å². The van der Waals surface area contributed by atoms with Crippen molar-refractivity contribution in [2.45, 2.75) is 37.1 Å². The Hall–Kier alpha value is -0.980. The predicted molar refractivity (Wildman–Crippen MR) is 71.6 cm³/mol. The lowest BCUT2D eigenvalue weighted by Crippen LogP contribution is -2.53. The minimum atomic E-state index is -3.89. The summed E-state index contributed by atoms with van der Waals surface area (Å²) in [5, 5.41) is 0. The zero-order valence-electron chi connectivity index (χ0n) is 11.1. The number of nitrogens with two attached hydrogens (primary N) is 1. The molecule has 3 N–H and O–H groups in total. The third-order valence-corrected chi connectivity index (χ3v) is 5.27. The van der Waals surface area contributed by atoms with Gasteiger partial charge < -0.3 is 5.73 Å². The molecule has 4 nitrogen and oxygen atoms in total. The molecule has 6 heteroatoms. The summed E-state index contributed by atoms with van der Waals surface area (Å²) < 4.78 is 40.9. The van der Waals surface area contributed by atoms with Crippen molar-refractivity contribution in [3.8, 4) is 0 Å². The average molecular weight is 286 g/mol. The quantitative estimate of drug-likeness (QED) is 0.862. The summed E-state index contributed by atoms with van der Waals surface area (Å²) in [5.41, 5.74) is 5.68. The fourth-order valence-corrected chi connectivity index (χ4v) is 3.83. The van der Waals surface area contributed by atoms with E-state index in [-0.39, 0.29) is 17.4 Å². The summed E-state index contributed by atoms with van der Waals surface area (Å²) in [6, 6.07) is 4.04. The van der Waals surface area contributed by atoms with Crippen molar-refractivity contribution in [3.63, 3.8) is 0 Å². The lowest BCUT2D eigenvalue weighted by molar-refractivity contribution is 0.373. The molecule has 1 atom stereocenters. The Balaban J connectivity index is 2.34. The highest BCUT2D eigenvalue weighted by molar-refractivity contribution is 7.89. The Kier molecular flexibility index (Phi) is 3.68. The van der Waals surface area contributed by atoms with Crippen LogP contribution < -0.4 is 10.5 Å². The number of benzene rings is 1. The third kappa shape index (κ3) is 2.96. The zero-order valence-corrected chi connectivity index (χ0v) is 11.9. The molecule has 0 aromatic heterocycles. The normalized spacial score (nSPS) is 19.2. The molecule has 1 fully saturated rings. The van der Waals surface area contributed by atoms with Crippen molar-refractivity contribution in [1.82, 2.24) is 4.72 Å². The van der Waals surface area contributed by atoms with Gasteiger partial charge in [0.1, 0.15) is 10.7 Å². The van der Waals surface area contributed by atoms with E-state index in [0.29, 0.717) is 5.56 Å². The lowest BCUT2D eigenvalue weighted by Gasteiger charge is -2.29. The van der Waals surface area contributed by atoms with Gasteiger partial charge in [0.15, 0.2) is 0 Å². The van der Waals surface area contributed by atoms with Crippen molar-refractivity contribution in [2.75, 3.05) is 6.54 Å². The van der Waals surface area contributed by atoms with Gasteiger partial charge >= 0.3 is 0 Å². The number of rotatable bonds is 5. The van der Waals surface area contributed by atoms with Crippen LogP contribution in [0.15, 0.2) is 23.1 Å². The Bertz CT molecular complexity index is 584. The van der Waals surface area contributed by atoms with E-state index in [9.17, 15) is 12.8 Å². The molecule has 1 aliphatic rings. The van der Waals surface area contributed by atoms with Crippen LogP contribution in [0, 0.1) is 18.7 Å². The summed E-state index contributed by atoms with van der Waals surface area (Å²) in [4.78, 5) is -0.312. The first kappa shape index (κ1) is 14.4. The first-order chi connectivity index (χ1) is 8.78. The van der Waals surface area contributed by atoms with E-state index in [1.54, 1.807) is 13.8 Å². The minimum absolute atomic E-state index is 0.199. The van der Waals surface area contributed by atoms with Crippen molar-refractivity contribution < 1.29 is 12.8 Å². The number of hydrogen-bond acceptors (Lipinski definition) is 3.